The van der Waals surface area contributed by atoms with Gasteiger partial charge < -0.3 is 17.7 Å². The molecule has 0 aliphatic carbocycles. The van der Waals surface area contributed by atoms with E-state index in [0.29, 0.717) is 0 Å². The highest BCUT2D eigenvalue weighted by molar-refractivity contribution is 6.53. The van der Waals surface area contributed by atoms with Crippen molar-refractivity contribution in [3.63, 3.8) is 0 Å². The number of rotatable bonds is 7. The van der Waals surface area contributed by atoms with E-state index in [1.54, 1.807) is 12.2 Å². The normalized spacial score (nSPS) is 11.7. The molecule has 0 bridgehead atoms. The molecule has 0 aromatic carbocycles. The van der Waals surface area contributed by atoms with Crippen LogP contribution in [0, 0.1) is 0 Å². The summed E-state index contributed by atoms with van der Waals surface area (Å²) < 4.78 is 20.6. The lowest BCUT2D eigenvalue weighted by atomic mass is 10.4. The van der Waals surface area contributed by atoms with Gasteiger partial charge in [-0.1, -0.05) is 12.2 Å². The zero-order valence-corrected chi connectivity index (χ0v) is 9.28. The van der Waals surface area contributed by atoms with Crippen LogP contribution in [0.15, 0.2) is 25.3 Å². The molecule has 0 rings (SSSR count). The van der Waals surface area contributed by atoms with Gasteiger partial charge in [0.2, 0.25) is 0 Å². The number of hydrogen-bond acceptors (Lipinski definition) is 4. The second-order valence-electron chi connectivity index (χ2n) is 2.17. The molecule has 0 spiro atoms. The van der Waals surface area contributed by atoms with Crippen molar-refractivity contribution in [3.05, 3.63) is 25.3 Å². The maximum atomic E-state index is 5.42. The molecule has 0 aromatic heterocycles. The fourth-order valence-electron chi connectivity index (χ4n) is 0.753. The molecular weight excluding hydrogens is 188 g/mol. The number of hydrogen-bond donors (Lipinski definition) is 0. The zero-order valence-electron chi connectivity index (χ0n) is 8.28. The second-order valence-corrected chi connectivity index (χ2v) is 4.63. The van der Waals surface area contributed by atoms with Crippen LogP contribution in [-0.4, -0.2) is 36.5 Å². The van der Waals surface area contributed by atoms with E-state index >= 15 is 0 Å². The van der Waals surface area contributed by atoms with Gasteiger partial charge in [0.25, 0.3) is 0 Å². The van der Waals surface area contributed by atoms with Gasteiger partial charge in [-0.25, -0.2) is 0 Å². The lowest BCUT2D eigenvalue weighted by molar-refractivity contribution is -0.000601. The molecule has 0 radical (unpaired) electrons. The Bertz CT molecular complexity index is 151. The van der Waals surface area contributed by atoms with E-state index in [1.165, 1.54) is 21.3 Å². The molecule has 0 aliphatic rings. The maximum absolute atomic E-state index is 5.42. The van der Waals surface area contributed by atoms with E-state index in [-0.39, 0.29) is 6.10 Å². The SMILES string of the molecule is C=CC(C=C)O[Si](OC)(OC)OC. The molecular formula is C8H16O4Si. The average molecular weight is 204 g/mol. The Hall–Kier alpha value is -0.463. The highest BCUT2D eigenvalue weighted by atomic mass is 28.4. The summed E-state index contributed by atoms with van der Waals surface area (Å²) >= 11 is 0. The van der Waals surface area contributed by atoms with Gasteiger partial charge in [-0.05, 0) is 0 Å². The van der Waals surface area contributed by atoms with Crippen molar-refractivity contribution in [2.45, 2.75) is 6.10 Å². The molecule has 4 nitrogen and oxygen atoms in total. The Balaban J connectivity index is 4.38. The topological polar surface area (TPSA) is 36.9 Å². The molecule has 0 unspecified atom stereocenters. The van der Waals surface area contributed by atoms with Gasteiger partial charge in [-0.15, -0.1) is 13.2 Å². The standard InChI is InChI=1S/C8H16O4Si/c1-6-8(7-2)12-13(9-3,10-4)11-5/h6-8H,1-2H2,3-5H3. The molecule has 5 heteroatoms. The molecule has 0 aromatic rings. The van der Waals surface area contributed by atoms with Crippen LogP contribution < -0.4 is 0 Å². The molecule has 0 fully saturated rings. The summed E-state index contributed by atoms with van der Waals surface area (Å²) in [6.45, 7) is 7.16. The van der Waals surface area contributed by atoms with E-state index in [1.807, 2.05) is 0 Å². The van der Waals surface area contributed by atoms with E-state index in [9.17, 15) is 0 Å². The summed E-state index contributed by atoms with van der Waals surface area (Å²) in [6.07, 6.45) is 2.85. The van der Waals surface area contributed by atoms with Crippen molar-refractivity contribution in [1.29, 1.82) is 0 Å². The van der Waals surface area contributed by atoms with Crippen molar-refractivity contribution in [1.82, 2.24) is 0 Å². The van der Waals surface area contributed by atoms with Crippen LogP contribution in [0.1, 0.15) is 0 Å². The summed E-state index contributed by atoms with van der Waals surface area (Å²) in [5.74, 6) is 0. The third kappa shape index (κ3) is 3.41. The first-order valence-electron chi connectivity index (χ1n) is 3.76. The predicted octanol–water partition coefficient (Wildman–Crippen LogP) is 1.12. The summed E-state index contributed by atoms with van der Waals surface area (Å²) in [5, 5.41) is 0. The minimum atomic E-state index is -2.96. The van der Waals surface area contributed by atoms with E-state index in [2.05, 4.69) is 13.2 Å². The van der Waals surface area contributed by atoms with Gasteiger partial charge >= 0.3 is 9.05 Å². The molecule has 0 aliphatic heterocycles. The lowest BCUT2D eigenvalue weighted by Crippen LogP contribution is -2.48. The van der Waals surface area contributed by atoms with E-state index < -0.39 is 9.05 Å². The van der Waals surface area contributed by atoms with Gasteiger partial charge in [0.15, 0.2) is 0 Å². The van der Waals surface area contributed by atoms with Crippen LogP contribution in [-0.2, 0) is 17.7 Å². The van der Waals surface area contributed by atoms with Crippen molar-refractivity contribution in [2.75, 3.05) is 21.3 Å². The molecule has 0 amide bonds. The first-order chi connectivity index (χ1) is 6.17. The van der Waals surface area contributed by atoms with Crippen LogP contribution in [0.25, 0.3) is 0 Å². The van der Waals surface area contributed by atoms with Crippen molar-refractivity contribution < 1.29 is 17.7 Å². The monoisotopic (exact) mass is 204 g/mol. The molecule has 0 heterocycles. The minimum Gasteiger partial charge on any atom is -0.355 e. The Morgan fingerprint density at radius 3 is 1.62 bits per heavy atom. The van der Waals surface area contributed by atoms with Crippen molar-refractivity contribution in [2.24, 2.45) is 0 Å². The van der Waals surface area contributed by atoms with Crippen LogP contribution in [0.4, 0.5) is 0 Å². The van der Waals surface area contributed by atoms with Crippen molar-refractivity contribution >= 4 is 9.05 Å². The minimum absolute atomic E-state index is 0.327. The van der Waals surface area contributed by atoms with Crippen LogP contribution >= 0.6 is 0 Å². The third-order valence-corrected chi connectivity index (χ3v) is 3.56. The molecule has 0 N–H and O–H groups in total. The zero-order chi connectivity index (χ0) is 10.3. The van der Waals surface area contributed by atoms with Crippen LogP contribution in [0.2, 0.25) is 0 Å². The molecule has 76 valence electrons. The first-order valence-corrected chi connectivity index (χ1v) is 5.39. The van der Waals surface area contributed by atoms with Gasteiger partial charge in [0.1, 0.15) is 0 Å². The van der Waals surface area contributed by atoms with Crippen molar-refractivity contribution in [3.8, 4) is 0 Å². The fourth-order valence-corrected chi connectivity index (χ4v) is 2.07. The Morgan fingerprint density at radius 2 is 1.38 bits per heavy atom. The summed E-state index contributed by atoms with van der Waals surface area (Å²) in [6, 6.07) is 0. The molecule has 0 atom stereocenters. The molecule has 0 saturated carbocycles. The van der Waals surface area contributed by atoms with E-state index in [0.717, 1.165) is 0 Å². The lowest BCUT2D eigenvalue weighted by Gasteiger charge is -2.25. The predicted molar refractivity (Wildman–Crippen MR) is 52.0 cm³/mol. The maximum Gasteiger partial charge on any atom is 0.679 e. The summed E-state index contributed by atoms with van der Waals surface area (Å²) in [4.78, 5) is 0. The fraction of sp³-hybridized carbons (Fsp3) is 0.500. The highest BCUT2D eigenvalue weighted by Crippen LogP contribution is 2.12. The Kier molecular flexibility index (Phi) is 5.85. The molecule has 13 heavy (non-hydrogen) atoms. The molecule has 0 saturated heterocycles. The third-order valence-electron chi connectivity index (χ3n) is 1.50. The first kappa shape index (κ1) is 12.5. The van der Waals surface area contributed by atoms with Gasteiger partial charge in [0.05, 0.1) is 6.10 Å². The van der Waals surface area contributed by atoms with Gasteiger partial charge in [-0.3, -0.25) is 0 Å². The summed E-state index contributed by atoms with van der Waals surface area (Å²) in [5.41, 5.74) is 0. The van der Waals surface area contributed by atoms with Gasteiger partial charge in [-0.2, -0.15) is 0 Å². The smallest absolute Gasteiger partial charge is 0.355 e. The Labute approximate surface area is 80.2 Å². The van der Waals surface area contributed by atoms with Gasteiger partial charge in [0, 0.05) is 21.3 Å². The Morgan fingerprint density at radius 1 is 1.00 bits per heavy atom. The highest BCUT2D eigenvalue weighted by Gasteiger charge is 2.43. The summed E-state index contributed by atoms with van der Waals surface area (Å²) in [7, 11) is 1.46. The van der Waals surface area contributed by atoms with Crippen LogP contribution in [0.5, 0.6) is 0 Å². The second kappa shape index (κ2) is 6.06. The van der Waals surface area contributed by atoms with E-state index in [4.69, 9.17) is 17.7 Å². The quantitative estimate of drug-likeness (QED) is 0.460. The van der Waals surface area contributed by atoms with Crippen LogP contribution in [0.3, 0.4) is 0 Å². The average Bonchev–Trinajstić information content (AvgIpc) is 2.21. The largest absolute Gasteiger partial charge is 0.679 e.